The molecule has 102 valence electrons. The van der Waals surface area contributed by atoms with Crippen LogP contribution in [0.25, 0.3) is 0 Å². The van der Waals surface area contributed by atoms with Crippen LogP contribution in [0.15, 0.2) is 24.3 Å². The van der Waals surface area contributed by atoms with E-state index in [-0.39, 0.29) is 24.9 Å². The zero-order valence-electron chi connectivity index (χ0n) is 10.3. The van der Waals surface area contributed by atoms with Crippen LogP contribution in [0, 0.1) is 0 Å². The number of amides is 1. The van der Waals surface area contributed by atoms with E-state index in [2.05, 4.69) is 5.32 Å². The van der Waals surface area contributed by atoms with Gasteiger partial charge in [0.25, 0.3) is 0 Å². The molecule has 0 fully saturated rings. The molecule has 0 unspecified atom stereocenters. The Morgan fingerprint density at radius 2 is 2.11 bits per heavy atom. The highest BCUT2D eigenvalue weighted by molar-refractivity contribution is 5.85. The molecule has 0 radical (unpaired) electrons. The fourth-order valence-corrected chi connectivity index (χ4v) is 1.25. The second kappa shape index (κ2) is 9.56. The van der Waals surface area contributed by atoms with E-state index in [1.165, 1.54) is 0 Å². The average molecular weight is 275 g/mol. The first-order chi connectivity index (χ1) is 8.26. The second-order valence-corrected chi connectivity index (χ2v) is 3.44. The minimum atomic E-state index is -0.147. The molecule has 0 spiro atoms. The standard InChI is InChI=1S/C12H18N2O3.ClH/c1-16-10-4-2-5-11(8-10)17-7-3-6-14-12(15)9-13;/h2,4-5,8H,3,6-7,9,13H2,1H3,(H,14,15);1H. The van der Waals surface area contributed by atoms with Gasteiger partial charge in [0.05, 0.1) is 20.3 Å². The van der Waals surface area contributed by atoms with Crippen LogP contribution in [0.5, 0.6) is 11.5 Å². The number of carbonyl (C=O) groups excluding carboxylic acids is 1. The number of nitrogens with two attached hydrogens (primary N) is 1. The van der Waals surface area contributed by atoms with E-state index in [1.54, 1.807) is 7.11 Å². The van der Waals surface area contributed by atoms with E-state index in [1.807, 2.05) is 24.3 Å². The van der Waals surface area contributed by atoms with Crippen LogP contribution in [0.1, 0.15) is 6.42 Å². The van der Waals surface area contributed by atoms with E-state index in [9.17, 15) is 4.79 Å². The summed E-state index contributed by atoms with van der Waals surface area (Å²) in [6, 6.07) is 7.40. The number of benzene rings is 1. The summed E-state index contributed by atoms with van der Waals surface area (Å²) in [5.74, 6) is 1.37. The van der Waals surface area contributed by atoms with Crippen molar-refractivity contribution in [1.29, 1.82) is 0 Å². The molecule has 0 bridgehead atoms. The van der Waals surface area contributed by atoms with Crippen molar-refractivity contribution in [2.45, 2.75) is 6.42 Å². The molecule has 0 atom stereocenters. The van der Waals surface area contributed by atoms with Crippen molar-refractivity contribution in [3.63, 3.8) is 0 Å². The molecule has 6 heteroatoms. The van der Waals surface area contributed by atoms with Crippen LogP contribution in [0.3, 0.4) is 0 Å². The van der Waals surface area contributed by atoms with Crippen LogP contribution in [0.4, 0.5) is 0 Å². The van der Waals surface area contributed by atoms with Gasteiger partial charge in [-0.15, -0.1) is 12.4 Å². The van der Waals surface area contributed by atoms with Gasteiger partial charge in [-0.25, -0.2) is 0 Å². The van der Waals surface area contributed by atoms with Gasteiger partial charge >= 0.3 is 0 Å². The predicted octanol–water partition coefficient (Wildman–Crippen LogP) is 0.961. The molecule has 0 aliphatic heterocycles. The molecule has 1 rings (SSSR count). The maximum absolute atomic E-state index is 10.8. The number of rotatable bonds is 7. The van der Waals surface area contributed by atoms with Gasteiger partial charge in [-0.3, -0.25) is 4.79 Å². The highest BCUT2D eigenvalue weighted by Gasteiger charge is 1.98. The summed E-state index contributed by atoms with van der Waals surface area (Å²) in [4.78, 5) is 10.8. The van der Waals surface area contributed by atoms with Gasteiger partial charge in [-0.2, -0.15) is 0 Å². The SMILES string of the molecule is COc1cccc(OCCCNC(=O)CN)c1.Cl. The number of hydrogen-bond donors (Lipinski definition) is 2. The highest BCUT2D eigenvalue weighted by atomic mass is 35.5. The summed E-state index contributed by atoms with van der Waals surface area (Å²) in [5.41, 5.74) is 5.15. The number of carbonyl (C=O) groups is 1. The van der Waals surface area contributed by atoms with Crippen molar-refractivity contribution in [2.24, 2.45) is 5.73 Å². The Labute approximate surface area is 113 Å². The Kier molecular flexibility index (Phi) is 8.78. The molecule has 0 saturated carbocycles. The summed E-state index contributed by atoms with van der Waals surface area (Å²) in [5, 5.41) is 2.67. The van der Waals surface area contributed by atoms with E-state index < -0.39 is 0 Å². The smallest absolute Gasteiger partial charge is 0.233 e. The summed E-state index contributed by atoms with van der Waals surface area (Å²) in [6.07, 6.45) is 0.739. The maximum atomic E-state index is 10.8. The van der Waals surface area contributed by atoms with Crippen LogP contribution in [-0.2, 0) is 4.79 Å². The van der Waals surface area contributed by atoms with Crippen molar-refractivity contribution in [2.75, 3.05) is 26.8 Å². The van der Waals surface area contributed by atoms with Crippen molar-refractivity contribution in [1.82, 2.24) is 5.32 Å². The Bertz CT molecular complexity index is 361. The zero-order valence-corrected chi connectivity index (χ0v) is 11.2. The lowest BCUT2D eigenvalue weighted by molar-refractivity contribution is -0.119. The molecule has 1 aromatic rings. The van der Waals surface area contributed by atoms with Crippen LogP contribution < -0.4 is 20.5 Å². The quantitative estimate of drug-likeness (QED) is 0.727. The third kappa shape index (κ3) is 6.32. The molecule has 0 aliphatic rings. The molecule has 1 amide bonds. The first-order valence-corrected chi connectivity index (χ1v) is 5.50. The van der Waals surface area contributed by atoms with Crippen molar-refractivity contribution < 1.29 is 14.3 Å². The number of methoxy groups -OCH3 is 1. The third-order valence-corrected chi connectivity index (χ3v) is 2.14. The Hall–Kier alpha value is -1.46. The lowest BCUT2D eigenvalue weighted by Gasteiger charge is -2.08. The minimum Gasteiger partial charge on any atom is -0.497 e. The predicted molar refractivity (Wildman–Crippen MR) is 72.4 cm³/mol. The minimum absolute atomic E-state index is 0. The lowest BCUT2D eigenvalue weighted by Crippen LogP contribution is -2.31. The maximum Gasteiger partial charge on any atom is 0.233 e. The van der Waals surface area contributed by atoms with E-state index >= 15 is 0 Å². The molecule has 0 aromatic heterocycles. The number of nitrogens with one attached hydrogen (secondary N) is 1. The first-order valence-electron chi connectivity index (χ1n) is 5.50. The second-order valence-electron chi connectivity index (χ2n) is 3.44. The molecule has 3 N–H and O–H groups in total. The van der Waals surface area contributed by atoms with Gasteiger partial charge in [0.15, 0.2) is 0 Å². The molecule has 0 aliphatic carbocycles. The molecular weight excluding hydrogens is 256 g/mol. The zero-order chi connectivity index (χ0) is 12.5. The fraction of sp³-hybridized carbons (Fsp3) is 0.417. The van der Waals surface area contributed by atoms with E-state index in [0.717, 1.165) is 17.9 Å². The average Bonchev–Trinajstić information content (AvgIpc) is 2.38. The van der Waals surface area contributed by atoms with Gasteiger partial charge in [-0.1, -0.05) is 6.07 Å². The summed E-state index contributed by atoms with van der Waals surface area (Å²) in [6.45, 7) is 1.13. The van der Waals surface area contributed by atoms with Crippen molar-refractivity contribution >= 4 is 18.3 Å². The summed E-state index contributed by atoms with van der Waals surface area (Å²) >= 11 is 0. The topological polar surface area (TPSA) is 73.6 Å². The van der Waals surface area contributed by atoms with E-state index in [0.29, 0.717) is 13.2 Å². The Morgan fingerprint density at radius 3 is 2.78 bits per heavy atom. The lowest BCUT2D eigenvalue weighted by atomic mass is 10.3. The monoisotopic (exact) mass is 274 g/mol. The fourth-order valence-electron chi connectivity index (χ4n) is 1.25. The van der Waals surface area contributed by atoms with Crippen LogP contribution in [-0.4, -0.2) is 32.7 Å². The molecule has 5 nitrogen and oxygen atoms in total. The highest BCUT2D eigenvalue weighted by Crippen LogP contribution is 2.18. The van der Waals surface area contributed by atoms with Crippen LogP contribution >= 0.6 is 12.4 Å². The first kappa shape index (κ1) is 16.5. The van der Waals surface area contributed by atoms with Crippen molar-refractivity contribution in [3.8, 4) is 11.5 Å². The Morgan fingerprint density at radius 1 is 1.39 bits per heavy atom. The molecule has 0 saturated heterocycles. The normalized spacial score (nSPS) is 9.22. The molecule has 0 heterocycles. The number of hydrogen-bond acceptors (Lipinski definition) is 4. The summed E-state index contributed by atoms with van der Waals surface area (Å²) < 4.78 is 10.6. The van der Waals surface area contributed by atoms with Gasteiger partial charge in [0, 0.05) is 12.6 Å². The van der Waals surface area contributed by atoms with Gasteiger partial charge in [-0.05, 0) is 18.6 Å². The summed E-state index contributed by atoms with van der Waals surface area (Å²) in [7, 11) is 1.61. The largest absolute Gasteiger partial charge is 0.497 e. The Balaban J connectivity index is 0.00000289. The van der Waals surface area contributed by atoms with Crippen molar-refractivity contribution in [3.05, 3.63) is 24.3 Å². The van der Waals surface area contributed by atoms with Gasteiger partial charge in [0.1, 0.15) is 11.5 Å². The molecular formula is C12H19ClN2O3. The number of ether oxygens (including phenoxy) is 2. The van der Waals surface area contributed by atoms with Gasteiger partial charge in [0.2, 0.25) is 5.91 Å². The van der Waals surface area contributed by atoms with Gasteiger partial charge < -0.3 is 20.5 Å². The van der Waals surface area contributed by atoms with Crippen LogP contribution in [0.2, 0.25) is 0 Å². The third-order valence-electron chi connectivity index (χ3n) is 2.14. The molecule has 18 heavy (non-hydrogen) atoms. The van der Waals surface area contributed by atoms with E-state index in [4.69, 9.17) is 15.2 Å². The molecule has 1 aromatic carbocycles. The number of halogens is 1.